The SMILES string of the molecule is CC(C)C[C@H](NC(=O)[C@@H](C)Oc1ccc(Cl)cc1Cl)C(=O)N/N=C\c1cc(Cl)ccc1OCc1ccc(Cl)cc1Cl. The van der Waals surface area contributed by atoms with Crippen molar-refractivity contribution in [3.05, 3.63) is 90.8 Å². The number of nitrogens with zero attached hydrogens (tertiary/aromatic N) is 1. The summed E-state index contributed by atoms with van der Waals surface area (Å²) in [6.45, 7) is 5.60. The quantitative estimate of drug-likeness (QED) is 0.152. The van der Waals surface area contributed by atoms with Crippen molar-refractivity contribution >= 4 is 76.0 Å². The zero-order valence-corrected chi connectivity index (χ0v) is 26.2. The molecule has 0 aliphatic heterocycles. The molecule has 3 aromatic carbocycles. The molecular formula is C29H28Cl5N3O4. The molecule has 3 rings (SSSR count). The molecule has 41 heavy (non-hydrogen) atoms. The van der Waals surface area contributed by atoms with Gasteiger partial charge in [0.2, 0.25) is 0 Å². The number of hydrazone groups is 1. The van der Waals surface area contributed by atoms with Gasteiger partial charge in [-0.2, -0.15) is 5.10 Å². The van der Waals surface area contributed by atoms with E-state index < -0.39 is 24.0 Å². The number of carbonyl (C=O) groups is 2. The standard InChI is InChI=1S/C29H28Cl5N3O4/c1-16(2)10-25(36-28(38)17(3)41-27-9-7-22(32)13-24(27)34)29(39)37-35-14-19-11-20(30)6-8-26(19)40-15-18-4-5-21(31)12-23(18)33/h4-9,11-14,16-17,25H,10,15H2,1-3H3,(H,36,38)(H,37,39)/b35-14-/t17-,25+/m1/s1. The molecule has 2 N–H and O–H groups in total. The van der Waals surface area contributed by atoms with E-state index in [-0.39, 0.29) is 17.5 Å². The van der Waals surface area contributed by atoms with Gasteiger partial charge in [0.05, 0.1) is 11.2 Å². The second kappa shape index (κ2) is 15.5. The summed E-state index contributed by atoms with van der Waals surface area (Å²) in [5.74, 6) is -0.127. The van der Waals surface area contributed by atoms with Gasteiger partial charge in [-0.25, -0.2) is 5.43 Å². The highest BCUT2D eigenvalue weighted by Crippen LogP contribution is 2.29. The first-order valence-corrected chi connectivity index (χ1v) is 14.4. The van der Waals surface area contributed by atoms with E-state index in [1.165, 1.54) is 12.3 Å². The van der Waals surface area contributed by atoms with Crippen molar-refractivity contribution in [1.82, 2.24) is 10.7 Å². The number of carbonyl (C=O) groups excluding carboxylic acids is 2. The van der Waals surface area contributed by atoms with Crippen LogP contribution < -0.4 is 20.2 Å². The molecule has 0 saturated carbocycles. The smallest absolute Gasteiger partial charge is 0.262 e. The third-order valence-electron chi connectivity index (χ3n) is 5.66. The van der Waals surface area contributed by atoms with Crippen molar-refractivity contribution in [3.8, 4) is 11.5 Å². The molecule has 12 heteroatoms. The average molecular weight is 660 g/mol. The van der Waals surface area contributed by atoms with Gasteiger partial charge >= 0.3 is 0 Å². The molecule has 0 fully saturated rings. The number of amides is 2. The lowest BCUT2D eigenvalue weighted by Crippen LogP contribution is -2.49. The van der Waals surface area contributed by atoms with Crippen LogP contribution in [0.25, 0.3) is 0 Å². The fourth-order valence-corrected chi connectivity index (χ4v) is 4.69. The Morgan fingerprint density at radius 3 is 2.07 bits per heavy atom. The van der Waals surface area contributed by atoms with Crippen LogP contribution in [0, 0.1) is 5.92 Å². The molecule has 0 heterocycles. The van der Waals surface area contributed by atoms with Crippen molar-refractivity contribution in [2.75, 3.05) is 0 Å². The van der Waals surface area contributed by atoms with Gasteiger partial charge in [0.25, 0.3) is 11.8 Å². The monoisotopic (exact) mass is 657 g/mol. The average Bonchev–Trinajstić information content (AvgIpc) is 2.89. The van der Waals surface area contributed by atoms with Gasteiger partial charge in [0.15, 0.2) is 6.10 Å². The number of halogens is 5. The lowest BCUT2D eigenvalue weighted by Gasteiger charge is -2.22. The molecule has 2 amide bonds. The lowest BCUT2D eigenvalue weighted by molar-refractivity contribution is -0.132. The van der Waals surface area contributed by atoms with Gasteiger partial charge < -0.3 is 14.8 Å². The number of rotatable bonds is 12. The molecule has 3 aromatic rings. The Morgan fingerprint density at radius 2 is 1.44 bits per heavy atom. The zero-order valence-electron chi connectivity index (χ0n) is 22.4. The van der Waals surface area contributed by atoms with E-state index >= 15 is 0 Å². The Bertz CT molecular complexity index is 1420. The minimum atomic E-state index is -0.931. The molecule has 0 unspecified atom stereocenters. The van der Waals surface area contributed by atoms with E-state index in [4.69, 9.17) is 67.5 Å². The third kappa shape index (κ3) is 10.3. The number of hydrogen-bond acceptors (Lipinski definition) is 5. The van der Waals surface area contributed by atoms with E-state index in [2.05, 4.69) is 15.8 Å². The fraction of sp³-hybridized carbons (Fsp3) is 0.276. The first-order chi connectivity index (χ1) is 19.4. The van der Waals surface area contributed by atoms with Crippen molar-refractivity contribution in [1.29, 1.82) is 0 Å². The van der Waals surface area contributed by atoms with Crippen LogP contribution in [-0.4, -0.2) is 30.2 Å². The van der Waals surface area contributed by atoms with Crippen molar-refractivity contribution in [3.63, 3.8) is 0 Å². The summed E-state index contributed by atoms with van der Waals surface area (Å²) < 4.78 is 11.6. The van der Waals surface area contributed by atoms with Crippen LogP contribution in [0.4, 0.5) is 0 Å². The molecule has 0 spiro atoms. The van der Waals surface area contributed by atoms with Gasteiger partial charge in [-0.1, -0.05) is 77.9 Å². The van der Waals surface area contributed by atoms with Crippen LogP contribution in [0.5, 0.6) is 11.5 Å². The minimum absolute atomic E-state index is 0.101. The topological polar surface area (TPSA) is 89.0 Å². The molecule has 218 valence electrons. The van der Waals surface area contributed by atoms with Gasteiger partial charge in [0.1, 0.15) is 24.1 Å². The molecule has 7 nitrogen and oxygen atoms in total. The predicted octanol–water partition coefficient (Wildman–Crippen LogP) is 7.98. The van der Waals surface area contributed by atoms with Crippen LogP contribution in [0.1, 0.15) is 38.3 Å². The molecular weight excluding hydrogens is 632 g/mol. The van der Waals surface area contributed by atoms with Crippen molar-refractivity contribution in [2.45, 2.75) is 45.9 Å². The number of ether oxygens (including phenoxy) is 2. The Labute approximate surface area is 264 Å². The third-order valence-corrected chi connectivity index (χ3v) is 7.01. The Hall–Kier alpha value is -2.68. The largest absolute Gasteiger partial charge is 0.488 e. The molecule has 0 radical (unpaired) electrons. The second-order valence-corrected chi connectivity index (χ2v) is 11.6. The van der Waals surface area contributed by atoms with Gasteiger partial charge in [-0.3, -0.25) is 9.59 Å². The van der Waals surface area contributed by atoms with Gasteiger partial charge in [-0.15, -0.1) is 0 Å². The van der Waals surface area contributed by atoms with E-state index in [0.717, 1.165) is 5.56 Å². The summed E-state index contributed by atoms with van der Waals surface area (Å²) in [7, 11) is 0. The molecule has 2 atom stereocenters. The van der Waals surface area contributed by atoms with E-state index in [9.17, 15) is 9.59 Å². The van der Waals surface area contributed by atoms with Crippen LogP contribution in [0.15, 0.2) is 59.7 Å². The normalized spacial score (nSPS) is 12.7. The number of hydrogen-bond donors (Lipinski definition) is 2. The van der Waals surface area contributed by atoms with Gasteiger partial charge in [-0.05, 0) is 67.8 Å². The highest BCUT2D eigenvalue weighted by atomic mass is 35.5. The maximum Gasteiger partial charge on any atom is 0.262 e. The van der Waals surface area contributed by atoms with E-state index in [0.29, 0.717) is 43.6 Å². The molecule has 0 saturated heterocycles. The Morgan fingerprint density at radius 1 is 0.829 bits per heavy atom. The van der Waals surface area contributed by atoms with E-state index in [1.807, 2.05) is 13.8 Å². The number of benzene rings is 3. The van der Waals surface area contributed by atoms with Crippen LogP contribution >= 0.6 is 58.0 Å². The lowest BCUT2D eigenvalue weighted by atomic mass is 10.0. The fourth-order valence-electron chi connectivity index (χ4n) is 3.60. The summed E-state index contributed by atoms with van der Waals surface area (Å²) in [4.78, 5) is 25.9. The summed E-state index contributed by atoms with van der Waals surface area (Å²) in [6.07, 6.45) is 0.847. The summed E-state index contributed by atoms with van der Waals surface area (Å²) in [5.41, 5.74) is 3.75. The summed E-state index contributed by atoms with van der Waals surface area (Å²) in [6, 6.07) is 13.9. The molecule has 0 aliphatic rings. The second-order valence-electron chi connectivity index (χ2n) is 9.47. The first-order valence-electron chi connectivity index (χ1n) is 12.5. The van der Waals surface area contributed by atoms with Crippen molar-refractivity contribution < 1.29 is 19.1 Å². The maximum atomic E-state index is 13.0. The molecule has 0 bridgehead atoms. The molecule has 0 aromatic heterocycles. The summed E-state index contributed by atoms with van der Waals surface area (Å²) in [5, 5.41) is 8.96. The minimum Gasteiger partial charge on any atom is -0.488 e. The molecule has 0 aliphatic carbocycles. The summed E-state index contributed by atoms with van der Waals surface area (Å²) >= 11 is 30.5. The highest BCUT2D eigenvalue weighted by Gasteiger charge is 2.25. The van der Waals surface area contributed by atoms with E-state index in [1.54, 1.807) is 55.5 Å². The number of nitrogens with one attached hydrogen (secondary N) is 2. The first kappa shape index (κ1) is 32.8. The van der Waals surface area contributed by atoms with Gasteiger partial charge in [0, 0.05) is 31.2 Å². The van der Waals surface area contributed by atoms with Crippen LogP contribution in [0.3, 0.4) is 0 Å². The Balaban J connectivity index is 1.65. The van der Waals surface area contributed by atoms with Crippen LogP contribution in [-0.2, 0) is 16.2 Å². The van der Waals surface area contributed by atoms with Crippen molar-refractivity contribution in [2.24, 2.45) is 11.0 Å². The maximum absolute atomic E-state index is 13.0. The van der Waals surface area contributed by atoms with Crippen LogP contribution in [0.2, 0.25) is 25.1 Å². The Kier molecular flexibility index (Phi) is 12.4. The zero-order chi connectivity index (χ0) is 30.1. The highest BCUT2D eigenvalue weighted by molar-refractivity contribution is 6.36. The predicted molar refractivity (Wildman–Crippen MR) is 166 cm³/mol.